The van der Waals surface area contributed by atoms with Gasteiger partial charge in [-0.1, -0.05) is 17.7 Å². The number of carbonyl (C=O) groups excluding carboxylic acids is 2. The lowest BCUT2D eigenvalue weighted by Crippen LogP contribution is -2.72. The number of nitrogens with one attached hydrogen (secondary N) is 2. The Bertz CT molecular complexity index is 826. The molecular weight excluding hydrogens is 393 g/mol. The van der Waals surface area contributed by atoms with Crippen LogP contribution in [0.3, 0.4) is 0 Å². The number of hydrogen-bond donors (Lipinski definition) is 3. The second-order valence-corrected chi connectivity index (χ2v) is 7.12. The van der Waals surface area contributed by atoms with Gasteiger partial charge in [-0.25, -0.2) is 4.79 Å². The van der Waals surface area contributed by atoms with E-state index in [0.717, 1.165) is 11.3 Å². The van der Waals surface area contributed by atoms with Crippen LogP contribution in [-0.4, -0.2) is 28.8 Å². The molecule has 1 aliphatic heterocycles. The number of carbonyl (C=O) groups is 2. The Balaban J connectivity index is 2.13. The topological polar surface area (TPSA) is 78.4 Å². The number of thiophene rings is 1. The van der Waals surface area contributed by atoms with Crippen molar-refractivity contribution in [3.8, 4) is 0 Å². The summed E-state index contributed by atoms with van der Waals surface area (Å²) in [6, 6.07) is 5.74. The highest BCUT2D eigenvalue weighted by molar-refractivity contribution is 7.10. The van der Waals surface area contributed by atoms with E-state index in [1.54, 1.807) is 11.4 Å². The second-order valence-electron chi connectivity index (χ2n) is 5.70. The van der Waals surface area contributed by atoms with Crippen LogP contribution >= 0.6 is 22.9 Å². The van der Waals surface area contributed by atoms with Gasteiger partial charge in [0.1, 0.15) is 5.92 Å². The minimum Gasteiger partial charge on any atom is -0.363 e. The van der Waals surface area contributed by atoms with E-state index >= 15 is 0 Å². The summed E-state index contributed by atoms with van der Waals surface area (Å²) in [5.41, 5.74) is -3.79. The van der Waals surface area contributed by atoms with E-state index in [-0.39, 0.29) is 5.56 Å². The number of alkyl halides is 3. The number of amides is 2. The van der Waals surface area contributed by atoms with Gasteiger partial charge in [0.15, 0.2) is 5.78 Å². The smallest absolute Gasteiger partial charge is 0.363 e. The van der Waals surface area contributed by atoms with Gasteiger partial charge < -0.3 is 15.7 Å². The van der Waals surface area contributed by atoms with Gasteiger partial charge in [0.2, 0.25) is 5.72 Å². The van der Waals surface area contributed by atoms with Gasteiger partial charge in [0.05, 0.1) is 6.04 Å². The number of hydrogen-bond acceptors (Lipinski definition) is 4. The summed E-state index contributed by atoms with van der Waals surface area (Å²) >= 11 is 6.82. The number of urea groups is 1. The standard InChI is InChI=1S/C16H12ClF3N2O3S/c17-9-5-3-8(4-6-9)13(23)11-12(10-2-1-7-26-10)21-14(24)22-15(11,25)16(18,19)20/h1-7,11-12,25H,(H2,21,22,24)/t11-,12+,15+/m0/s1. The van der Waals surface area contributed by atoms with Gasteiger partial charge >= 0.3 is 12.2 Å². The first-order chi connectivity index (χ1) is 12.1. The van der Waals surface area contributed by atoms with Crippen LogP contribution in [0.1, 0.15) is 21.3 Å². The highest BCUT2D eigenvalue weighted by atomic mass is 35.5. The number of halogens is 4. The average molecular weight is 405 g/mol. The Morgan fingerprint density at radius 3 is 2.42 bits per heavy atom. The summed E-state index contributed by atoms with van der Waals surface area (Å²) < 4.78 is 40.9. The molecule has 2 amide bonds. The molecule has 1 saturated heterocycles. The molecule has 0 radical (unpaired) electrons. The minimum absolute atomic E-state index is 0.0680. The van der Waals surface area contributed by atoms with Crippen LogP contribution in [-0.2, 0) is 0 Å². The number of Topliss-reactive ketones (excluding diaryl/α,β-unsaturated/α-hetero) is 1. The largest absolute Gasteiger partial charge is 0.437 e. The molecule has 138 valence electrons. The quantitative estimate of drug-likeness (QED) is 0.685. The number of benzene rings is 1. The lowest BCUT2D eigenvalue weighted by molar-refractivity contribution is -0.287. The van der Waals surface area contributed by atoms with Crippen molar-refractivity contribution in [3.05, 3.63) is 57.2 Å². The maximum atomic E-state index is 13.6. The summed E-state index contributed by atoms with van der Waals surface area (Å²) in [6.45, 7) is 0. The Kier molecular flexibility index (Phi) is 4.72. The van der Waals surface area contributed by atoms with E-state index in [2.05, 4.69) is 5.32 Å². The third kappa shape index (κ3) is 3.17. The Labute approximate surface area is 154 Å². The maximum Gasteiger partial charge on any atom is 0.437 e. The maximum absolute atomic E-state index is 13.6. The predicted octanol–water partition coefficient (Wildman–Crippen LogP) is 3.51. The van der Waals surface area contributed by atoms with Crippen LogP contribution in [0, 0.1) is 5.92 Å². The van der Waals surface area contributed by atoms with Crippen molar-refractivity contribution in [2.24, 2.45) is 5.92 Å². The van der Waals surface area contributed by atoms with Crippen molar-refractivity contribution in [1.29, 1.82) is 0 Å². The highest BCUT2D eigenvalue weighted by Crippen LogP contribution is 2.44. The molecule has 1 aromatic carbocycles. The molecule has 3 rings (SSSR count). The summed E-state index contributed by atoms with van der Waals surface area (Å²) in [7, 11) is 0. The number of ketones is 1. The van der Waals surface area contributed by atoms with Crippen molar-refractivity contribution in [2.75, 3.05) is 0 Å². The first kappa shape index (κ1) is 18.7. The zero-order valence-corrected chi connectivity index (χ0v) is 14.5. The molecule has 3 N–H and O–H groups in total. The lowest BCUT2D eigenvalue weighted by atomic mass is 9.79. The molecule has 2 heterocycles. The lowest BCUT2D eigenvalue weighted by Gasteiger charge is -2.44. The average Bonchev–Trinajstić information content (AvgIpc) is 3.07. The fraction of sp³-hybridized carbons (Fsp3) is 0.250. The molecule has 2 aromatic rings. The monoisotopic (exact) mass is 404 g/mol. The van der Waals surface area contributed by atoms with Crippen LogP contribution in [0.25, 0.3) is 0 Å². The van der Waals surface area contributed by atoms with E-state index in [0.29, 0.717) is 9.90 Å². The van der Waals surface area contributed by atoms with Crippen molar-refractivity contribution in [3.63, 3.8) is 0 Å². The van der Waals surface area contributed by atoms with Gasteiger partial charge in [0, 0.05) is 15.5 Å². The first-order valence-corrected chi connectivity index (χ1v) is 8.60. The number of rotatable bonds is 3. The van der Waals surface area contributed by atoms with Gasteiger partial charge in [-0.05, 0) is 35.7 Å². The normalized spacial score (nSPS) is 26.1. The highest BCUT2D eigenvalue weighted by Gasteiger charge is 2.66. The van der Waals surface area contributed by atoms with E-state index in [4.69, 9.17) is 11.6 Å². The zero-order valence-electron chi connectivity index (χ0n) is 12.9. The van der Waals surface area contributed by atoms with E-state index in [9.17, 15) is 27.9 Å². The Hall–Kier alpha value is -2.10. The van der Waals surface area contributed by atoms with Crippen molar-refractivity contribution in [1.82, 2.24) is 10.6 Å². The van der Waals surface area contributed by atoms with Crippen molar-refractivity contribution >= 4 is 34.8 Å². The molecule has 0 saturated carbocycles. The second kappa shape index (κ2) is 6.57. The first-order valence-electron chi connectivity index (χ1n) is 7.34. The molecule has 1 aromatic heterocycles. The fourth-order valence-electron chi connectivity index (χ4n) is 2.84. The zero-order chi connectivity index (χ0) is 19.1. The van der Waals surface area contributed by atoms with Crippen LogP contribution < -0.4 is 10.6 Å². The SMILES string of the molecule is O=C1N[C@H](c2cccs2)[C@@H](C(=O)c2ccc(Cl)cc2)[C@@](O)(C(F)(F)F)N1. The van der Waals surface area contributed by atoms with E-state index in [1.807, 2.05) is 0 Å². The van der Waals surface area contributed by atoms with E-state index in [1.165, 1.54) is 35.6 Å². The van der Waals surface area contributed by atoms with Gasteiger partial charge in [0.25, 0.3) is 0 Å². The van der Waals surface area contributed by atoms with Crippen LogP contribution in [0.5, 0.6) is 0 Å². The van der Waals surface area contributed by atoms with E-state index < -0.39 is 35.7 Å². The van der Waals surface area contributed by atoms with Crippen LogP contribution in [0.15, 0.2) is 41.8 Å². The Morgan fingerprint density at radius 2 is 1.88 bits per heavy atom. The molecule has 0 unspecified atom stereocenters. The summed E-state index contributed by atoms with van der Waals surface area (Å²) in [5.74, 6) is -3.01. The Morgan fingerprint density at radius 1 is 1.23 bits per heavy atom. The molecule has 1 fully saturated rings. The molecule has 0 bridgehead atoms. The van der Waals surface area contributed by atoms with Gasteiger partial charge in [-0.15, -0.1) is 11.3 Å². The van der Waals surface area contributed by atoms with Crippen LogP contribution in [0.4, 0.5) is 18.0 Å². The third-order valence-corrected chi connectivity index (χ3v) is 5.27. The van der Waals surface area contributed by atoms with Gasteiger partial charge in [-0.2, -0.15) is 13.2 Å². The molecule has 1 aliphatic rings. The predicted molar refractivity (Wildman–Crippen MR) is 89.0 cm³/mol. The fourth-order valence-corrected chi connectivity index (χ4v) is 3.78. The molecule has 10 heteroatoms. The van der Waals surface area contributed by atoms with Crippen molar-refractivity contribution < 1.29 is 27.9 Å². The molecule has 0 aliphatic carbocycles. The minimum atomic E-state index is -5.27. The van der Waals surface area contributed by atoms with Crippen molar-refractivity contribution in [2.45, 2.75) is 17.9 Å². The summed E-state index contributed by atoms with van der Waals surface area (Å²) in [5, 5.41) is 16.0. The molecule has 0 spiro atoms. The molecule has 26 heavy (non-hydrogen) atoms. The number of aliphatic hydroxyl groups is 1. The molecule has 5 nitrogen and oxygen atoms in total. The molecular formula is C16H12ClF3N2O3S. The van der Waals surface area contributed by atoms with Crippen LogP contribution in [0.2, 0.25) is 5.02 Å². The molecule has 3 atom stereocenters. The third-order valence-electron chi connectivity index (χ3n) is 4.07. The summed E-state index contributed by atoms with van der Waals surface area (Å²) in [4.78, 5) is 25.0. The van der Waals surface area contributed by atoms with Gasteiger partial charge in [-0.3, -0.25) is 4.79 Å². The summed E-state index contributed by atoms with van der Waals surface area (Å²) in [6.07, 6.45) is -5.27.